The molecular formula is C9H24N2O4. The van der Waals surface area contributed by atoms with Crippen LogP contribution in [0.3, 0.4) is 0 Å². The monoisotopic (exact) mass is 224 g/mol. The lowest BCUT2D eigenvalue weighted by Crippen LogP contribution is -1.99. The van der Waals surface area contributed by atoms with Crippen LogP contribution in [0.5, 0.6) is 0 Å². The van der Waals surface area contributed by atoms with Gasteiger partial charge < -0.3 is 20.0 Å². The summed E-state index contributed by atoms with van der Waals surface area (Å²) < 4.78 is 0. The van der Waals surface area contributed by atoms with Gasteiger partial charge in [-0.05, 0) is 42.3 Å². The van der Waals surface area contributed by atoms with Crippen LogP contribution in [0.25, 0.3) is 0 Å². The van der Waals surface area contributed by atoms with Crippen molar-refractivity contribution in [1.29, 1.82) is 0 Å². The fourth-order valence-corrected chi connectivity index (χ4v) is 0. The van der Waals surface area contributed by atoms with Crippen LogP contribution in [0.4, 0.5) is 0 Å². The minimum atomic E-state index is -0.833. The fourth-order valence-electron chi connectivity index (χ4n) is 0. The first-order chi connectivity index (χ1) is 6.61. The lowest BCUT2D eigenvalue weighted by Gasteiger charge is -1.90. The number of aliphatic carboxylic acids is 1. The van der Waals surface area contributed by atoms with Crippen molar-refractivity contribution in [2.75, 3.05) is 42.3 Å². The molecule has 0 radical (unpaired) electrons. The summed E-state index contributed by atoms with van der Waals surface area (Å²) in [6.07, 6.45) is 0. The van der Waals surface area contributed by atoms with E-state index in [2.05, 4.69) is 0 Å². The number of nitrogens with zero attached hydrogens (tertiary/aromatic N) is 2. The highest BCUT2D eigenvalue weighted by Crippen LogP contribution is 1.48. The molecule has 0 aliphatic carbocycles. The smallest absolute Gasteiger partial charge is 0.300 e. The molecule has 0 aliphatic heterocycles. The Labute approximate surface area is 92.1 Å². The van der Waals surface area contributed by atoms with Crippen LogP contribution in [0.1, 0.15) is 6.92 Å². The molecule has 15 heavy (non-hydrogen) atoms. The number of carbonyl (C=O) groups is 2. The SMILES string of the molecule is CC(=O)O.CN(C)C.CN(C)C.O=CO. The number of hydrogen-bond donors (Lipinski definition) is 2. The van der Waals surface area contributed by atoms with Crippen LogP contribution in [-0.2, 0) is 9.59 Å². The Bertz CT molecular complexity index is 112. The van der Waals surface area contributed by atoms with Gasteiger partial charge in [0.15, 0.2) is 0 Å². The molecule has 0 saturated carbocycles. The molecule has 0 aromatic carbocycles. The van der Waals surface area contributed by atoms with Crippen molar-refractivity contribution in [3.63, 3.8) is 0 Å². The van der Waals surface area contributed by atoms with Gasteiger partial charge in [0.25, 0.3) is 12.4 Å². The maximum absolute atomic E-state index is 9.00. The average molecular weight is 224 g/mol. The molecule has 0 spiro atoms. The number of carboxylic acids is 1. The van der Waals surface area contributed by atoms with Crippen LogP contribution in [-0.4, -0.2) is 74.7 Å². The predicted molar refractivity (Wildman–Crippen MR) is 61.2 cm³/mol. The van der Waals surface area contributed by atoms with Crippen molar-refractivity contribution in [2.45, 2.75) is 6.92 Å². The quantitative estimate of drug-likeness (QED) is 0.570. The van der Waals surface area contributed by atoms with Gasteiger partial charge in [0.2, 0.25) is 0 Å². The van der Waals surface area contributed by atoms with Crippen LogP contribution in [0.2, 0.25) is 0 Å². The van der Waals surface area contributed by atoms with Crippen molar-refractivity contribution < 1.29 is 19.8 Å². The molecule has 0 bridgehead atoms. The zero-order valence-electron chi connectivity index (χ0n) is 10.7. The molecule has 0 fully saturated rings. The maximum atomic E-state index is 9.00. The minimum Gasteiger partial charge on any atom is -0.483 e. The summed E-state index contributed by atoms with van der Waals surface area (Å²) in [5.74, 6) is -0.833. The van der Waals surface area contributed by atoms with Gasteiger partial charge in [0.1, 0.15) is 0 Å². The van der Waals surface area contributed by atoms with Crippen molar-refractivity contribution >= 4 is 12.4 Å². The van der Waals surface area contributed by atoms with Crippen LogP contribution >= 0.6 is 0 Å². The second-order valence-corrected chi connectivity index (χ2v) is 3.31. The molecule has 94 valence electrons. The first-order valence-corrected chi connectivity index (χ1v) is 4.10. The molecule has 0 aliphatic rings. The van der Waals surface area contributed by atoms with Gasteiger partial charge in [-0.2, -0.15) is 0 Å². The van der Waals surface area contributed by atoms with E-state index in [0.29, 0.717) is 0 Å². The zero-order chi connectivity index (χ0) is 13.4. The Hall–Kier alpha value is -1.14. The molecule has 0 amide bonds. The van der Waals surface area contributed by atoms with Gasteiger partial charge in [-0.1, -0.05) is 0 Å². The standard InChI is InChI=1S/2C3H9N.C2H4O2.CH2O2/c2*1-4(2)3;1-2(3)4;2-1-3/h2*1-3H3;1H3,(H,3,4);1H,(H,2,3). The summed E-state index contributed by atoms with van der Waals surface area (Å²) in [5.41, 5.74) is 0. The van der Waals surface area contributed by atoms with Crippen LogP contribution < -0.4 is 0 Å². The summed E-state index contributed by atoms with van der Waals surface area (Å²) >= 11 is 0. The van der Waals surface area contributed by atoms with Gasteiger partial charge in [-0.25, -0.2) is 0 Å². The highest BCUT2D eigenvalue weighted by Gasteiger charge is 1.65. The van der Waals surface area contributed by atoms with E-state index in [4.69, 9.17) is 19.8 Å². The van der Waals surface area contributed by atoms with Gasteiger partial charge in [0, 0.05) is 6.92 Å². The third kappa shape index (κ3) is 1170. The van der Waals surface area contributed by atoms with Gasteiger partial charge in [-0.3, -0.25) is 9.59 Å². The zero-order valence-corrected chi connectivity index (χ0v) is 10.7. The van der Waals surface area contributed by atoms with Gasteiger partial charge >= 0.3 is 0 Å². The second kappa shape index (κ2) is 23.0. The van der Waals surface area contributed by atoms with Gasteiger partial charge in [-0.15, -0.1) is 0 Å². The molecule has 0 heterocycles. The van der Waals surface area contributed by atoms with E-state index in [9.17, 15) is 0 Å². The summed E-state index contributed by atoms with van der Waals surface area (Å²) in [6, 6.07) is 0. The predicted octanol–water partition coefficient (Wildman–Crippen LogP) is 0.147. The molecule has 6 heteroatoms. The number of carboxylic acid groups (broad SMARTS) is 2. The molecule has 0 aromatic heterocycles. The maximum Gasteiger partial charge on any atom is 0.300 e. The summed E-state index contributed by atoms with van der Waals surface area (Å²) in [5, 5.41) is 14.3. The largest absolute Gasteiger partial charge is 0.483 e. The first kappa shape index (κ1) is 23.6. The Morgan fingerprint density at radius 3 is 1.00 bits per heavy atom. The first-order valence-electron chi connectivity index (χ1n) is 4.10. The molecular weight excluding hydrogens is 200 g/mol. The molecule has 0 saturated heterocycles. The molecule has 0 aromatic rings. The van der Waals surface area contributed by atoms with Crippen molar-refractivity contribution in [2.24, 2.45) is 0 Å². The lowest BCUT2D eigenvalue weighted by atomic mass is 10.9. The van der Waals surface area contributed by atoms with E-state index in [1.807, 2.05) is 52.1 Å². The third-order valence-corrected chi connectivity index (χ3v) is 0. The molecule has 6 nitrogen and oxygen atoms in total. The molecule has 2 N–H and O–H groups in total. The van der Waals surface area contributed by atoms with E-state index in [-0.39, 0.29) is 6.47 Å². The van der Waals surface area contributed by atoms with E-state index in [0.717, 1.165) is 6.92 Å². The molecule has 0 atom stereocenters. The fraction of sp³-hybridized carbons (Fsp3) is 0.778. The van der Waals surface area contributed by atoms with E-state index in [1.54, 1.807) is 0 Å². The van der Waals surface area contributed by atoms with E-state index >= 15 is 0 Å². The Morgan fingerprint density at radius 1 is 1.00 bits per heavy atom. The van der Waals surface area contributed by atoms with Crippen molar-refractivity contribution in [3.8, 4) is 0 Å². The number of hydrogen-bond acceptors (Lipinski definition) is 4. The van der Waals surface area contributed by atoms with Crippen LogP contribution in [0, 0.1) is 0 Å². The second-order valence-electron chi connectivity index (χ2n) is 3.31. The minimum absolute atomic E-state index is 0.250. The Morgan fingerprint density at radius 2 is 1.00 bits per heavy atom. The summed E-state index contributed by atoms with van der Waals surface area (Å²) in [4.78, 5) is 21.4. The van der Waals surface area contributed by atoms with Crippen molar-refractivity contribution in [1.82, 2.24) is 9.80 Å². The summed E-state index contributed by atoms with van der Waals surface area (Å²) in [7, 11) is 12.0. The number of rotatable bonds is 0. The Balaban J connectivity index is -0.0000000542. The topological polar surface area (TPSA) is 81.1 Å². The average Bonchev–Trinajstić information content (AvgIpc) is 1.81. The van der Waals surface area contributed by atoms with Crippen molar-refractivity contribution in [3.05, 3.63) is 0 Å². The van der Waals surface area contributed by atoms with E-state index < -0.39 is 5.97 Å². The third-order valence-electron chi connectivity index (χ3n) is 0. The lowest BCUT2D eigenvalue weighted by molar-refractivity contribution is -0.134. The normalized spacial score (nSPS) is 7.27. The summed E-state index contributed by atoms with van der Waals surface area (Å²) in [6.45, 7) is 0.833. The highest BCUT2D eigenvalue weighted by molar-refractivity contribution is 5.62. The molecule has 0 rings (SSSR count). The van der Waals surface area contributed by atoms with Gasteiger partial charge in [0.05, 0.1) is 0 Å². The van der Waals surface area contributed by atoms with E-state index in [1.165, 1.54) is 0 Å². The van der Waals surface area contributed by atoms with Crippen LogP contribution in [0.15, 0.2) is 0 Å². The highest BCUT2D eigenvalue weighted by atomic mass is 16.4. The Kier molecular flexibility index (Phi) is 36.2. The molecule has 0 unspecified atom stereocenters.